The zero-order chi connectivity index (χ0) is 14.5. The van der Waals surface area contributed by atoms with Crippen molar-refractivity contribution in [2.75, 3.05) is 11.1 Å². The van der Waals surface area contributed by atoms with Crippen LogP contribution in [-0.2, 0) is 18.4 Å². The molecule has 0 bridgehead atoms. The summed E-state index contributed by atoms with van der Waals surface area (Å²) in [6.45, 7) is 0.303. The largest absolute Gasteiger partial charge is 0.324 e. The van der Waals surface area contributed by atoms with Gasteiger partial charge in [-0.2, -0.15) is 5.26 Å². The van der Waals surface area contributed by atoms with Crippen LogP contribution < -0.4 is 11.1 Å². The van der Waals surface area contributed by atoms with E-state index in [2.05, 4.69) is 15.5 Å². The van der Waals surface area contributed by atoms with Crippen molar-refractivity contribution in [1.29, 1.82) is 5.26 Å². The molecule has 0 spiro atoms. The molecule has 0 aliphatic heterocycles. The smallest absolute Gasteiger partial charge is 0.235 e. The number of nitrogens with two attached hydrogens (primary N) is 1. The Hall–Kier alpha value is -1.89. The van der Waals surface area contributed by atoms with Crippen LogP contribution in [0.3, 0.4) is 0 Å². The Morgan fingerprint density at radius 1 is 1.65 bits per heavy atom. The average Bonchev–Trinajstić information content (AvgIpc) is 3.03. The number of thiophene rings is 1. The first-order valence-electron chi connectivity index (χ1n) is 5.64. The first-order valence-corrected chi connectivity index (χ1v) is 7.50. The van der Waals surface area contributed by atoms with Gasteiger partial charge in [0.1, 0.15) is 16.9 Å². The van der Waals surface area contributed by atoms with Gasteiger partial charge in [0.15, 0.2) is 5.16 Å². The van der Waals surface area contributed by atoms with E-state index in [1.165, 1.54) is 23.1 Å². The van der Waals surface area contributed by atoms with Gasteiger partial charge in [-0.3, -0.25) is 4.79 Å². The highest BCUT2D eigenvalue weighted by atomic mass is 32.2. The van der Waals surface area contributed by atoms with E-state index in [0.29, 0.717) is 28.1 Å². The fraction of sp³-hybridized carbons (Fsp3) is 0.273. The minimum Gasteiger partial charge on any atom is -0.324 e. The lowest BCUT2D eigenvalue weighted by Gasteiger charge is -2.03. The van der Waals surface area contributed by atoms with Gasteiger partial charge < -0.3 is 15.6 Å². The van der Waals surface area contributed by atoms with Gasteiger partial charge in [0.05, 0.1) is 17.9 Å². The van der Waals surface area contributed by atoms with E-state index >= 15 is 0 Å². The predicted molar refractivity (Wildman–Crippen MR) is 77.3 cm³/mol. The summed E-state index contributed by atoms with van der Waals surface area (Å²) >= 11 is 2.59. The number of hydrogen-bond acceptors (Lipinski definition) is 7. The van der Waals surface area contributed by atoms with Gasteiger partial charge in [-0.1, -0.05) is 11.8 Å². The maximum absolute atomic E-state index is 11.8. The monoisotopic (exact) mass is 308 g/mol. The van der Waals surface area contributed by atoms with Crippen LogP contribution >= 0.6 is 23.1 Å². The molecule has 3 N–H and O–H groups in total. The van der Waals surface area contributed by atoms with Crippen molar-refractivity contribution in [3.05, 3.63) is 22.8 Å². The summed E-state index contributed by atoms with van der Waals surface area (Å²) in [6, 6.07) is 3.69. The minimum atomic E-state index is -0.189. The molecule has 2 rings (SSSR count). The van der Waals surface area contributed by atoms with Gasteiger partial charge in [-0.05, 0) is 11.4 Å². The number of carbonyl (C=O) groups excluding carboxylic acids is 1. The van der Waals surface area contributed by atoms with E-state index in [0.717, 1.165) is 0 Å². The number of carbonyl (C=O) groups is 1. The first-order chi connectivity index (χ1) is 9.65. The van der Waals surface area contributed by atoms with E-state index in [-0.39, 0.29) is 11.7 Å². The maximum Gasteiger partial charge on any atom is 0.235 e. The lowest BCUT2D eigenvalue weighted by Crippen LogP contribution is -2.14. The number of nitriles is 1. The summed E-state index contributed by atoms with van der Waals surface area (Å²) < 4.78 is 1.75. The molecule has 1 amide bonds. The van der Waals surface area contributed by atoms with Gasteiger partial charge >= 0.3 is 0 Å². The molecule has 2 aromatic rings. The summed E-state index contributed by atoms with van der Waals surface area (Å²) in [5.41, 5.74) is 5.97. The minimum absolute atomic E-state index is 0.189. The van der Waals surface area contributed by atoms with Gasteiger partial charge in [0.2, 0.25) is 5.91 Å². The highest BCUT2D eigenvalue weighted by Gasteiger charge is 2.12. The molecule has 20 heavy (non-hydrogen) atoms. The fourth-order valence-electron chi connectivity index (χ4n) is 1.44. The van der Waals surface area contributed by atoms with E-state index in [4.69, 9.17) is 11.0 Å². The Balaban J connectivity index is 1.92. The standard InChI is InChI=1S/C11H12N6OS2/c1-17-8(5-13)15-16-11(17)20-6-9(18)14-10-7(4-12)2-3-19-10/h2-3H,5-6,13H2,1H3,(H,14,18). The lowest BCUT2D eigenvalue weighted by molar-refractivity contribution is -0.113. The van der Waals surface area contributed by atoms with Crippen LogP contribution in [0.5, 0.6) is 0 Å². The van der Waals surface area contributed by atoms with E-state index in [9.17, 15) is 4.79 Å². The van der Waals surface area contributed by atoms with Crippen LogP contribution in [-0.4, -0.2) is 26.4 Å². The molecule has 2 heterocycles. The van der Waals surface area contributed by atoms with Crippen molar-refractivity contribution in [3.8, 4) is 6.07 Å². The fourth-order valence-corrected chi connectivity index (χ4v) is 2.92. The second-order valence-corrected chi connectivity index (χ2v) is 5.63. The van der Waals surface area contributed by atoms with Crippen LogP contribution in [0.4, 0.5) is 5.00 Å². The zero-order valence-electron chi connectivity index (χ0n) is 10.7. The highest BCUT2D eigenvalue weighted by molar-refractivity contribution is 7.99. The van der Waals surface area contributed by atoms with Crippen molar-refractivity contribution >= 4 is 34.0 Å². The molecule has 0 radical (unpaired) electrons. The average molecular weight is 308 g/mol. The Bertz CT molecular complexity index is 656. The maximum atomic E-state index is 11.8. The molecule has 2 aromatic heterocycles. The third kappa shape index (κ3) is 3.16. The zero-order valence-corrected chi connectivity index (χ0v) is 12.3. The summed E-state index contributed by atoms with van der Waals surface area (Å²) in [5.74, 6) is 0.670. The van der Waals surface area contributed by atoms with Gasteiger partial charge in [-0.15, -0.1) is 21.5 Å². The molecule has 9 heteroatoms. The normalized spacial score (nSPS) is 10.2. The Morgan fingerprint density at radius 3 is 3.10 bits per heavy atom. The Kier molecular flexibility index (Phi) is 4.73. The number of thioether (sulfide) groups is 1. The number of hydrogen-bond donors (Lipinski definition) is 2. The molecule has 0 saturated heterocycles. The molecule has 0 fully saturated rings. The van der Waals surface area contributed by atoms with Crippen LogP contribution in [0.25, 0.3) is 0 Å². The molecular formula is C11H12N6OS2. The number of rotatable bonds is 5. The molecule has 0 atom stereocenters. The SMILES string of the molecule is Cn1c(CN)nnc1SCC(=O)Nc1sccc1C#N. The van der Waals surface area contributed by atoms with E-state index < -0.39 is 0 Å². The quantitative estimate of drug-likeness (QED) is 0.795. The molecular weight excluding hydrogens is 296 g/mol. The van der Waals surface area contributed by atoms with E-state index in [1.807, 2.05) is 6.07 Å². The van der Waals surface area contributed by atoms with Gasteiger partial charge in [-0.25, -0.2) is 0 Å². The van der Waals surface area contributed by atoms with Gasteiger partial charge in [0.25, 0.3) is 0 Å². The summed E-state index contributed by atoms with van der Waals surface area (Å²) in [5, 5.41) is 22.4. The van der Waals surface area contributed by atoms with Crippen LogP contribution in [0, 0.1) is 11.3 Å². The lowest BCUT2D eigenvalue weighted by atomic mass is 10.3. The van der Waals surface area contributed by atoms with Crippen molar-refractivity contribution in [1.82, 2.24) is 14.8 Å². The topological polar surface area (TPSA) is 110 Å². The van der Waals surface area contributed by atoms with Crippen molar-refractivity contribution in [3.63, 3.8) is 0 Å². The van der Waals surface area contributed by atoms with Crippen molar-refractivity contribution in [2.45, 2.75) is 11.7 Å². The van der Waals surface area contributed by atoms with Crippen molar-refractivity contribution < 1.29 is 4.79 Å². The molecule has 0 aromatic carbocycles. The number of nitrogens with one attached hydrogen (secondary N) is 1. The Morgan fingerprint density at radius 2 is 2.45 bits per heavy atom. The predicted octanol–water partition coefficient (Wildman–Crippen LogP) is 0.938. The molecule has 7 nitrogen and oxygen atoms in total. The Labute approximate surface area is 123 Å². The third-order valence-corrected chi connectivity index (χ3v) is 4.33. The van der Waals surface area contributed by atoms with Crippen molar-refractivity contribution in [2.24, 2.45) is 12.8 Å². The van der Waals surface area contributed by atoms with Crippen LogP contribution in [0.2, 0.25) is 0 Å². The molecule has 104 valence electrons. The molecule has 0 aliphatic carbocycles. The number of amides is 1. The molecule has 0 saturated carbocycles. The third-order valence-electron chi connectivity index (χ3n) is 2.48. The summed E-state index contributed by atoms with van der Waals surface area (Å²) in [7, 11) is 1.80. The molecule has 0 unspecified atom stereocenters. The van der Waals surface area contributed by atoms with Crippen LogP contribution in [0.15, 0.2) is 16.6 Å². The number of nitrogens with zero attached hydrogens (tertiary/aromatic N) is 4. The first kappa shape index (κ1) is 14.5. The van der Waals surface area contributed by atoms with Gasteiger partial charge in [0, 0.05) is 7.05 Å². The second kappa shape index (κ2) is 6.51. The highest BCUT2D eigenvalue weighted by Crippen LogP contribution is 2.23. The van der Waals surface area contributed by atoms with Crippen LogP contribution in [0.1, 0.15) is 11.4 Å². The summed E-state index contributed by atoms with van der Waals surface area (Å²) in [6.07, 6.45) is 0. The number of anilines is 1. The number of aromatic nitrogens is 3. The summed E-state index contributed by atoms with van der Waals surface area (Å²) in [4.78, 5) is 11.8. The molecule has 0 aliphatic rings. The second-order valence-electron chi connectivity index (χ2n) is 3.77. The van der Waals surface area contributed by atoms with E-state index in [1.54, 1.807) is 23.1 Å².